The van der Waals surface area contributed by atoms with Gasteiger partial charge in [0.15, 0.2) is 0 Å². The van der Waals surface area contributed by atoms with Gasteiger partial charge in [0.25, 0.3) is 0 Å². The third-order valence-corrected chi connectivity index (χ3v) is 2.87. The summed E-state index contributed by atoms with van der Waals surface area (Å²) in [5, 5.41) is 3.31. The summed E-state index contributed by atoms with van der Waals surface area (Å²) in [5.74, 6) is 0.801. The lowest BCUT2D eigenvalue weighted by molar-refractivity contribution is 0.453. The zero-order valence-electron chi connectivity index (χ0n) is 6.60. The predicted molar refractivity (Wildman–Crippen MR) is 50.4 cm³/mol. The summed E-state index contributed by atoms with van der Waals surface area (Å²) in [6.07, 6.45) is 8.65. The number of rotatable bonds is 0. The van der Waals surface area contributed by atoms with Crippen molar-refractivity contribution in [2.75, 3.05) is 0 Å². The first-order valence-electron chi connectivity index (χ1n) is 4.36. The average Bonchev–Trinajstić information content (AvgIpc) is 2.04. The Morgan fingerprint density at radius 1 is 1.45 bits per heavy atom. The first-order valence-corrected chi connectivity index (χ1v) is 4.77. The van der Waals surface area contributed by atoms with E-state index in [1.54, 1.807) is 0 Å². The van der Waals surface area contributed by atoms with E-state index in [9.17, 15) is 0 Å². The van der Waals surface area contributed by atoms with Crippen molar-refractivity contribution < 1.29 is 0 Å². The highest BCUT2D eigenvalue weighted by Gasteiger charge is 2.22. The van der Waals surface area contributed by atoms with Gasteiger partial charge < -0.3 is 5.32 Å². The van der Waals surface area contributed by atoms with Crippen molar-refractivity contribution in [2.45, 2.75) is 32.1 Å². The van der Waals surface area contributed by atoms with Crippen LogP contribution in [0.15, 0.2) is 11.8 Å². The standard InChI is InChI=1S/C9H13NS/c11-9-6-5-7-3-1-2-4-8(7)10-9/h4,7H,1-3,5-6H2,(H,10,11). The van der Waals surface area contributed by atoms with Crippen molar-refractivity contribution in [1.29, 1.82) is 0 Å². The second-order valence-corrected chi connectivity index (χ2v) is 3.87. The minimum Gasteiger partial charge on any atom is -0.354 e. The van der Waals surface area contributed by atoms with E-state index in [1.165, 1.54) is 31.4 Å². The third-order valence-electron chi connectivity index (χ3n) is 2.56. The quantitative estimate of drug-likeness (QED) is 0.556. The van der Waals surface area contributed by atoms with Crippen LogP contribution in [-0.4, -0.2) is 4.99 Å². The van der Waals surface area contributed by atoms with Crippen LogP contribution in [-0.2, 0) is 0 Å². The minimum absolute atomic E-state index is 0.801. The van der Waals surface area contributed by atoms with Crippen LogP contribution >= 0.6 is 12.2 Å². The molecule has 2 heteroatoms. The molecule has 11 heavy (non-hydrogen) atoms. The number of nitrogens with one attached hydrogen (secondary N) is 1. The number of fused-ring (bicyclic) bond motifs is 1. The lowest BCUT2D eigenvalue weighted by atomic mass is 9.86. The lowest BCUT2D eigenvalue weighted by Gasteiger charge is -2.30. The Balaban J connectivity index is 2.13. The van der Waals surface area contributed by atoms with Gasteiger partial charge in [0, 0.05) is 5.70 Å². The molecule has 60 valence electrons. The SMILES string of the molecule is S=C1CCC2CCCC=C2N1. The lowest BCUT2D eigenvalue weighted by Crippen LogP contribution is -2.32. The summed E-state index contributed by atoms with van der Waals surface area (Å²) in [6.45, 7) is 0. The Bertz CT molecular complexity index is 208. The highest BCUT2D eigenvalue weighted by Crippen LogP contribution is 2.29. The summed E-state index contributed by atoms with van der Waals surface area (Å²) >= 11 is 5.12. The summed E-state index contributed by atoms with van der Waals surface area (Å²) in [7, 11) is 0. The molecule has 0 aromatic heterocycles. The van der Waals surface area contributed by atoms with Gasteiger partial charge in [-0.05, 0) is 38.0 Å². The van der Waals surface area contributed by atoms with Crippen LogP contribution in [0.25, 0.3) is 0 Å². The van der Waals surface area contributed by atoms with E-state index < -0.39 is 0 Å². The molecule has 1 heterocycles. The van der Waals surface area contributed by atoms with Gasteiger partial charge in [0.1, 0.15) is 0 Å². The first-order chi connectivity index (χ1) is 5.36. The van der Waals surface area contributed by atoms with E-state index in [0.29, 0.717) is 0 Å². The fraction of sp³-hybridized carbons (Fsp3) is 0.667. The van der Waals surface area contributed by atoms with Crippen molar-refractivity contribution in [3.8, 4) is 0 Å². The molecule has 0 saturated carbocycles. The normalized spacial score (nSPS) is 30.4. The van der Waals surface area contributed by atoms with Gasteiger partial charge in [-0.25, -0.2) is 0 Å². The minimum atomic E-state index is 0.801. The van der Waals surface area contributed by atoms with Crippen LogP contribution in [0.3, 0.4) is 0 Å². The molecular formula is C9H13NS. The predicted octanol–water partition coefficient (Wildman–Crippen LogP) is 2.38. The summed E-state index contributed by atoms with van der Waals surface area (Å²) in [6, 6.07) is 0. The summed E-state index contributed by atoms with van der Waals surface area (Å²) in [4.78, 5) is 1.04. The van der Waals surface area contributed by atoms with Crippen molar-refractivity contribution in [2.24, 2.45) is 5.92 Å². The van der Waals surface area contributed by atoms with E-state index in [-0.39, 0.29) is 0 Å². The molecule has 1 aliphatic carbocycles. The molecule has 1 N–H and O–H groups in total. The molecular weight excluding hydrogens is 154 g/mol. The molecule has 1 aliphatic heterocycles. The van der Waals surface area contributed by atoms with E-state index >= 15 is 0 Å². The highest BCUT2D eigenvalue weighted by molar-refractivity contribution is 7.80. The maximum Gasteiger partial charge on any atom is 0.0795 e. The van der Waals surface area contributed by atoms with Crippen molar-refractivity contribution in [3.63, 3.8) is 0 Å². The van der Waals surface area contributed by atoms with Crippen molar-refractivity contribution in [3.05, 3.63) is 11.8 Å². The monoisotopic (exact) mass is 167 g/mol. The molecule has 0 bridgehead atoms. The Labute approximate surface area is 72.9 Å². The molecule has 0 amide bonds. The van der Waals surface area contributed by atoms with Gasteiger partial charge >= 0.3 is 0 Å². The Kier molecular flexibility index (Phi) is 1.95. The van der Waals surface area contributed by atoms with Gasteiger partial charge in [0.05, 0.1) is 4.99 Å². The molecule has 1 atom stereocenters. The number of hydrogen-bond donors (Lipinski definition) is 1. The summed E-state index contributed by atoms with van der Waals surface area (Å²) in [5.41, 5.74) is 1.41. The molecule has 2 aliphatic rings. The van der Waals surface area contributed by atoms with E-state index in [1.807, 2.05) is 0 Å². The van der Waals surface area contributed by atoms with Crippen LogP contribution in [0.4, 0.5) is 0 Å². The fourth-order valence-electron chi connectivity index (χ4n) is 1.93. The maximum absolute atomic E-state index is 5.12. The highest BCUT2D eigenvalue weighted by atomic mass is 32.1. The number of thiocarbonyl (C=S) groups is 1. The molecule has 0 spiro atoms. The second kappa shape index (κ2) is 2.94. The molecule has 1 nitrogen and oxygen atoms in total. The molecule has 2 rings (SSSR count). The van der Waals surface area contributed by atoms with E-state index in [4.69, 9.17) is 12.2 Å². The fourth-order valence-corrected chi connectivity index (χ4v) is 2.16. The van der Waals surface area contributed by atoms with Gasteiger partial charge in [-0.3, -0.25) is 0 Å². The van der Waals surface area contributed by atoms with Crippen LogP contribution in [0, 0.1) is 5.92 Å². The Morgan fingerprint density at radius 2 is 2.36 bits per heavy atom. The zero-order valence-corrected chi connectivity index (χ0v) is 7.41. The maximum atomic E-state index is 5.12. The summed E-state index contributed by atoms with van der Waals surface area (Å²) < 4.78 is 0. The van der Waals surface area contributed by atoms with Crippen LogP contribution in [0.2, 0.25) is 0 Å². The molecule has 0 aromatic carbocycles. The van der Waals surface area contributed by atoms with Crippen LogP contribution < -0.4 is 5.32 Å². The molecule has 1 fully saturated rings. The van der Waals surface area contributed by atoms with Gasteiger partial charge in [-0.1, -0.05) is 18.3 Å². The van der Waals surface area contributed by atoms with Gasteiger partial charge in [0.2, 0.25) is 0 Å². The number of piperidine rings is 1. The van der Waals surface area contributed by atoms with E-state index in [2.05, 4.69) is 11.4 Å². The topological polar surface area (TPSA) is 12.0 Å². The Hall–Kier alpha value is -0.370. The van der Waals surface area contributed by atoms with Crippen molar-refractivity contribution >= 4 is 17.2 Å². The van der Waals surface area contributed by atoms with Crippen LogP contribution in [0.5, 0.6) is 0 Å². The number of hydrogen-bond acceptors (Lipinski definition) is 1. The Morgan fingerprint density at radius 3 is 3.27 bits per heavy atom. The van der Waals surface area contributed by atoms with Crippen LogP contribution in [0.1, 0.15) is 32.1 Å². The number of allylic oxidation sites excluding steroid dienone is 2. The third kappa shape index (κ3) is 1.45. The smallest absolute Gasteiger partial charge is 0.0795 e. The first kappa shape index (κ1) is 7.29. The van der Waals surface area contributed by atoms with E-state index in [0.717, 1.165) is 17.3 Å². The molecule has 0 radical (unpaired) electrons. The molecule has 0 aromatic rings. The molecule has 1 saturated heterocycles. The second-order valence-electron chi connectivity index (χ2n) is 3.37. The average molecular weight is 167 g/mol. The van der Waals surface area contributed by atoms with Gasteiger partial charge in [-0.15, -0.1) is 0 Å². The van der Waals surface area contributed by atoms with Gasteiger partial charge in [-0.2, -0.15) is 0 Å². The molecule has 1 unspecified atom stereocenters. The van der Waals surface area contributed by atoms with Crippen molar-refractivity contribution in [1.82, 2.24) is 5.32 Å². The zero-order chi connectivity index (χ0) is 7.68. The largest absolute Gasteiger partial charge is 0.354 e.